The van der Waals surface area contributed by atoms with Crippen LogP contribution in [0.1, 0.15) is 17.5 Å². The number of nitrogens with zero attached hydrogens (tertiary/aromatic N) is 3. The van der Waals surface area contributed by atoms with E-state index in [0.717, 1.165) is 31.4 Å². The number of benzene rings is 2. The van der Waals surface area contributed by atoms with Crippen molar-refractivity contribution in [3.05, 3.63) is 84.1 Å². The van der Waals surface area contributed by atoms with Gasteiger partial charge < -0.3 is 15.0 Å². The van der Waals surface area contributed by atoms with Gasteiger partial charge in [-0.15, -0.1) is 0 Å². The first-order valence-electron chi connectivity index (χ1n) is 11.4. The molecule has 0 saturated carbocycles. The summed E-state index contributed by atoms with van der Waals surface area (Å²) in [5.41, 5.74) is 0.619. The predicted molar refractivity (Wildman–Crippen MR) is 128 cm³/mol. The summed E-state index contributed by atoms with van der Waals surface area (Å²) in [5, 5.41) is 2.77. The molecule has 0 radical (unpaired) electrons. The Morgan fingerprint density at radius 1 is 0.971 bits per heavy atom. The highest BCUT2D eigenvalue weighted by Crippen LogP contribution is 2.30. The number of carbonyl (C=O) groups excluding carboxylic acids is 1. The van der Waals surface area contributed by atoms with Gasteiger partial charge in [-0.3, -0.25) is 9.69 Å². The van der Waals surface area contributed by atoms with Gasteiger partial charge >= 0.3 is 6.18 Å². The second-order valence-electron chi connectivity index (χ2n) is 8.37. The van der Waals surface area contributed by atoms with Crippen LogP contribution in [0.5, 0.6) is 5.75 Å². The molecule has 9 heteroatoms. The highest BCUT2D eigenvalue weighted by molar-refractivity contribution is 5.91. The normalized spacial score (nSPS) is 14.9. The number of pyridine rings is 1. The quantitative estimate of drug-likeness (QED) is 0.521. The summed E-state index contributed by atoms with van der Waals surface area (Å²) >= 11 is 0. The Labute approximate surface area is 202 Å². The first-order chi connectivity index (χ1) is 16.9. The summed E-state index contributed by atoms with van der Waals surface area (Å²) in [4.78, 5) is 20.9. The molecular weight excluding hydrogens is 457 g/mol. The topological polar surface area (TPSA) is 57.7 Å². The zero-order chi connectivity index (χ0) is 24.7. The molecule has 1 aromatic heterocycles. The van der Waals surface area contributed by atoms with E-state index in [-0.39, 0.29) is 12.5 Å². The van der Waals surface area contributed by atoms with E-state index in [1.54, 1.807) is 30.5 Å². The molecule has 4 rings (SSSR count). The SMILES string of the molecule is O=C(COc1ccccc1)Nc1ccc(N2CCCN(Cc3cccc(C(F)(F)F)c3)CC2)nc1. The second-order valence-corrected chi connectivity index (χ2v) is 8.37. The van der Waals surface area contributed by atoms with Gasteiger partial charge in [-0.2, -0.15) is 13.2 Å². The van der Waals surface area contributed by atoms with Crippen LogP contribution in [-0.2, 0) is 17.5 Å². The fourth-order valence-electron chi connectivity index (χ4n) is 3.97. The molecule has 1 aliphatic rings. The maximum atomic E-state index is 13.0. The standard InChI is InChI=1S/C26H27F3N4O2/c27-26(28,29)21-7-4-6-20(16-21)18-32-12-5-13-33(15-14-32)24-11-10-22(17-30-24)31-25(34)19-35-23-8-2-1-3-9-23/h1-4,6-11,16-17H,5,12-15,18-19H2,(H,31,34). The summed E-state index contributed by atoms with van der Waals surface area (Å²) in [6.07, 6.45) is -1.85. The van der Waals surface area contributed by atoms with Crippen LogP contribution in [-0.4, -0.2) is 48.6 Å². The smallest absolute Gasteiger partial charge is 0.416 e. The molecular formula is C26H27F3N4O2. The Kier molecular flexibility index (Phi) is 7.87. The van der Waals surface area contributed by atoms with Crippen molar-refractivity contribution in [1.29, 1.82) is 0 Å². The van der Waals surface area contributed by atoms with Crippen LogP contribution in [0.2, 0.25) is 0 Å². The van der Waals surface area contributed by atoms with Crippen molar-refractivity contribution >= 4 is 17.4 Å². The molecule has 1 N–H and O–H groups in total. The van der Waals surface area contributed by atoms with E-state index in [4.69, 9.17) is 4.74 Å². The molecule has 184 valence electrons. The van der Waals surface area contributed by atoms with E-state index < -0.39 is 11.7 Å². The van der Waals surface area contributed by atoms with Crippen LogP contribution in [0.4, 0.5) is 24.7 Å². The number of halogens is 3. The maximum Gasteiger partial charge on any atom is 0.416 e. The van der Waals surface area contributed by atoms with E-state index in [0.29, 0.717) is 36.6 Å². The fraction of sp³-hybridized carbons (Fsp3) is 0.308. The molecule has 0 spiro atoms. The van der Waals surface area contributed by atoms with Crippen LogP contribution >= 0.6 is 0 Å². The molecule has 1 fully saturated rings. The highest BCUT2D eigenvalue weighted by atomic mass is 19.4. The van der Waals surface area contributed by atoms with Gasteiger partial charge in [0.2, 0.25) is 0 Å². The van der Waals surface area contributed by atoms with E-state index in [9.17, 15) is 18.0 Å². The van der Waals surface area contributed by atoms with Gasteiger partial charge in [0, 0.05) is 32.7 Å². The number of hydrogen-bond donors (Lipinski definition) is 1. The number of rotatable bonds is 7. The van der Waals surface area contributed by atoms with Crippen LogP contribution in [0.15, 0.2) is 72.9 Å². The molecule has 1 aliphatic heterocycles. The van der Waals surface area contributed by atoms with E-state index in [1.807, 2.05) is 24.3 Å². The minimum Gasteiger partial charge on any atom is -0.484 e. The summed E-state index contributed by atoms with van der Waals surface area (Å²) in [5.74, 6) is 1.15. The Hall–Kier alpha value is -3.59. The van der Waals surface area contributed by atoms with Crippen molar-refractivity contribution in [2.75, 3.05) is 43.0 Å². The third kappa shape index (κ3) is 7.19. The molecule has 6 nitrogen and oxygen atoms in total. The van der Waals surface area contributed by atoms with Crippen molar-refractivity contribution in [2.24, 2.45) is 0 Å². The van der Waals surface area contributed by atoms with Gasteiger partial charge in [-0.25, -0.2) is 4.98 Å². The lowest BCUT2D eigenvalue weighted by atomic mass is 10.1. The average Bonchev–Trinajstić information content (AvgIpc) is 3.09. The Morgan fingerprint density at radius 2 is 1.80 bits per heavy atom. The minimum absolute atomic E-state index is 0.0976. The highest BCUT2D eigenvalue weighted by Gasteiger charge is 2.30. The van der Waals surface area contributed by atoms with E-state index in [2.05, 4.69) is 20.1 Å². The average molecular weight is 485 g/mol. The van der Waals surface area contributed by atoms with Crippen LogP contribution in [0.25, 0.3) is 0 Å². The molecule has 2 aromatic carbocycles. The van der Waals surface area contributed by atoms with Crippen molar-refractivity contribution in [1.82, 2.24) is 9.88 Å². The largest absolute Gasteiger partial charge is 0.484 e. The van der Waals surface area contributed by atoms with Gasteiger partial charge in [0.15, 0.2) is 6.61 Å². The monoisotopic (exact) mass is 484 g/mol. The zero-order valence-corrected chi connectivity index (χ0v) is 19.2. The maximum absolute atomic E-state index is 13.0. The molecule has 0 bridgehead atoms. The minimum atomic E-state index is -4.34. The van der Waals surface area contributed by atoms with E-state index in [1.165, 1.54) is 12.1 Å². The van der Waals surface area contributed by atoms with Gasteiger partial charge in [0.05, 0.1) is 17.4 Å². The Balaban J connectivity index is 1.27. The number of anilines is 2. The third-order valence-corrected chi connectivity index (χ3v) is 5.72. The number of para-hydroxylation sites is 1. The molecule has 1 saturated heterocycles. The Bertz CT molecular complexity index is 1110. The summed E-state index contributed by atoms with van der Waals surface area (Å²) in [6.45, 7) is 3.39. The summed E-state index contributed by atoms with van der Waals surface area (Å²) in [7, 11) is 0. The molecule has 0 unspecified atom stereocenters. The van der Waals surface area contributed by atoms with Gasteiger partial charge in [0.1, 0.15) is 11.6 Å². The number of aromatic nitrogens is 1. The number of amides is 1. The lowest BCUT2D eigenvalue weighted by Crippen LogP contribution is -2.31. The number of carbonyl (C=O) groups is 1. The predicted octanol–water partition coefficient (Wildman–Crippen LogP) is 4.83. The van der Waals surface area contributed by atoms with Crippen LogP contribution in [0.3, 0.4) is 0 Å². The number of nitrogens with one attached hydrogen (secondary N) is 1. The van der Waals surface area contributed by atoms with Gasteiger partial charge in [-0.1, -0.05) is 36.4 Å². The van der Waals surface area contributed by atoms with Crippen molar-refractivity contribution in [2.45, 2.75) is 19.1 Å². The summed E-state index contributed by atoms with van der Waals surface area (Å²) in [6, 6.07) is 18.3. The molecule has 0 atom stereocenters. The molecule has 0 aliphatic carbocycles. The third-order valence-electron chi connectivity index (χ3n) is 5.72. The summed E-state index contributed by atoms with van der Waals surface area (Å²) < 4.78 is 44.5. The van der Waals surface area contributed by atoms with Crippen LogP contribution in [0, 0.1) is 0 Å². The number of alkyl halides is 3. The fourth-order valence-corrected chi connectivity index (χ4v) is 3.97. The zero-order valence-electron chi connectivity index (χ0n) is 19.2. The number of hydrogen-bond acceptors (Lipinski definition) is 5. The van der Waals surface area contributed by atoms with Crippen molar-refractivity contribution < 1.29 is 22.7 Å². The number of ether oxygens (including phenoxy) is 1. The van der Waals surface area contributed by atoms with Crippen LogP contribution < -0.4 is 15.0 Å². The van der Waals surface area contributed by atoms with Crippen molar-refractivity contribution in [3.8, 4) is 5.75 Å². The molecule has 2 heterocycles. The van der Waals surface area contributed by atoms with Gasteiger partial charge in [0.25, 0.3) is 5.91 Å². The first-order valence-corrected chi connectivity index (χ1v) is 11.4. The first kappa shape index (κ1) is 24.5. The van der Waals surface area contributed by atoms with Gasteiger partial charge in [-0.05, 0) is 42.3 Å². The Morgan fingerprint density at radius 3 is 2.54 bits per heavy atom. The second kappa shape index (κ2) is 11.2. The lowest BCUT2D eigenvalue weighted by Gasteiger charge is -2.23. The van der Waals surface area contributed by atoms with E-state index >= 15 is 0 Å². The molecule has 1 amide bonds. The van der Waals surface area contributed by atoms with Crippen molar-refractivity contribution in [3.63, 3.8) is 0 Å². The molecule has 35 heavy (non-hydrogen) atoms. The molecule has 3 aromatic rings. The lowest BCUT2D eigenvalue weighted by molar-refractivity contribution is -0.137.